The first-order valence-corrected chi connectivity index (χ1v) is 18.2. The summed E-state index contributed by atoms with van der Waals surface area (Å²) in [7, 11) is 0. The Bertz CT molecular complexity index is 3010. The van der Waals surface area contributed by atoms with Gasteiger partial charge in [0.25, 0.3) is 0 Å². The summed E-state index contributed by atoms with van der Waals surface area (Å²) in [5, 5.41) is 7.29. The maximum Gasteiger partial charge on any atom is 0.135 e. The monoisotopic (exact) mass is 678 g/mol. The van der Waals surface area contributed by atoms with Crippen molar-refractivity contribution < 1.29 is 4.42 Å². The Kier molecular flexibility index (Phi) is 6.38. The minimum atomic E-state index is 0.898. The van der Waals surface area contributed by atoms with Crippen LogP contribution in [0.2, 0.25) is 0 Å². The fourth-order valence-electron chi connectivity index (χ4n) is 8.48. The molecule has 0 fully saturated rings. The molecule has 11 rings (SSSR count). The first kappa shape index (κ1) is 29.8. The Balaban J connectivity index is 1.05. The van der Waals surface area contributed by atoms with E-state index in [0.717, 1.165) is 21.9 Å². The van der Waals surface area contributed by atoms with Crippen LogP contribution < -0.4 is 0 Å². The Morgan fingerprint density at radius 1 is 0.321 bits per heavy atom. The molecule has 3 aromatic heterocycles. The molecule has 0 spiro atoms. The van der Waals surface area contributed by atoms with Crippen LogP contribution in [0.1, 0.15) is 11.1 Å². The van der Waals surface area contributed by atoms with Crippen molar-refractivity contribution in [3.8, 4) is 33.6 Å². The van der Waals surface area contributed by atoms with E-state index in [1.54, 1.807) is 0 Å². The molecule has 250 valence electrons. The predicted octanol–water partition coefficient (Wildman–Crippen LogP) is 13.7. The zero-order valence-electron chi connectivity index (χ0n) is 29.5. The highest BCUT2D eigenvalue weighted by Crippen LogP contribution is 2.40. The SMILES string of the molecule is Cc1ccc2c(c1)c1cc(-c3ccc4oc5ccc(-c6ccc7c(c6)c6cc(C)ccc6n7-c6ccccc6)cc5c4c3)ccc1n2-c1ccccc1. The molecule has 0 radical (unpaired) electrons. The van der Waals surface area contributed by atoms with Crippen LogP contribution in [-0.4, -0.2) is 9.13 Å². The molecule has 53 heavy (non-hydrogen) atoms. The number of fused-ring (bicyclic) bond motifs is 9. The van der Waals surface area contributed by atoms with Crippen molar-refractivity contribution in [3.63, 3.8) is 0 Å². The van der Waals surface area contributed by atoms with Crippen molar-refractivity contribution in [2.45, 2.75) is 13.8 Å². The van der Waals surface area contributed by atoms with Crippen molar-refractivity contribution in [1.82, 2.24) is 9.13 Å². The van der Waals surface area contributed by atoms with Gasteiger partial charge in [-0.25, -0.2) is 0 Å². The second-order valence-electron chi connectivity index (χ2n) is 14.4. The molecule has 0 unspecified atom stereocenters. The lowest BCUT2D eigenvalue weighted by atomic mass is 9.98. The van der Waals surface area contributed by atoms with Crippen molar-refractivity contribution >= 4 is 65.6 Å². The van der Waals surface area contributed by atoms with Crippen molar-refractivity contribution in [2.24, 2.45) is 0 Å². The third-order valence-corrected chi connectivity index (χ3v) is 11.0. The molecule has 3 nitrogen and oxygen atoms in total. The Morgan fingerprint density at radius 3 is 1.08 bits per heavy atom. The van der Waals surface area contributed by atoms with Gasteiger partial charge in [-0.1, -0.05) is 83.9 Å². The first-order chi connectivity index (χ1) is 26.1. The number of furan rings is 1. The van der Waals surface area contributed by atoms with Gasteiger partial charge in [0, 0.05) is 43.7 Å². The van der Waals surface area contributed by atoms with Crippen molar-refractivity contribution in [1.29, 1.82) is 0 Å². The fourth-order valence-corrected chi connectivity index (χ4v) is 8.48. The van der Waals surface area contributed by atoms with E-state index in [2.05, 4.69) is 193 Å². The smallest absolute Gasteiger partial charge is 0.135 e. The van der Waals surface area contributed by atoms with Crippen molar-refractivity contribution in [2.75, 3.05) is 0 Å². The molecule has 0 aliphatic heterocycles. The summed E-state index contributed by atoms with van der Waals surface area (Å²) in [4.78, 5) is 0. The normalized spacial score (nSPS) is 12.0. The molecule has 11 aromatic rings. The lowest BCUT2D eigenvalue weighted by molar-refractivity contribution is 0.669. The third-order valence-electron chi connectivity index (χ3n) is 11.0. The summed E-state index contributed by atoms with van der Waals surface area (Å²) in [5.74, 6) is 0. The van der Waals surface area contributed by atoms with Crippen LogP contribution in [0.3, 0.4) is 0 Å². The van der Waals surface area contributed by atoms with E-state index >= 15 is 0 Å². The minimum absolute atomic E-state index is 0.898. The standard InChI is InChI=1S/C50H34N2O/c1-31-13-19-45-39(25-31)41-27-33(15-21-47(41)51(45)37-9-5-3-6-10-37)35-17-23-49-43(29-35)44-30-36(18-24-50(44)53-49)34-16-22-48-42(28-34)40-26-32(2)14-20-46(40)52(48)38-11-7-4-8-12-38/h3-30H,1-2H3. The molecular formula is C50H34N2O. The lowest BCUT2D eigenvalue weighted by Gasteiger charge is -2.08. The molecule has 3 heterocycles. The van der Waals surface area contributed by atoms with Gasteiger partial charge in [-0.15, -0.1) is 0 Å². The predicted molar refractivity (Wildman–Crippen MR) is 223 cm³/mol. The summed E-state index contributed by atoms with van der Waals surface area (Å²) in [6.07, 6.45) is 0. The molecule has 8 aromatic carbocycles. The van der Waals surface area contributed by atoms with E-state index in [0.29, 0.717) is 0 Å². The molecule has 0 bridgehead atoms. The highest BCUT2D eigenvalue weighted by molar-refractivity contribution is 6.13. The summed E-state index contributed by atoms with van der Waals surface area (Å²) < 4.78 is 11.2. The van der Waals surface area contributed by atoms with E-state index in [9.17, 15) is 0 Å². The average Bonchev–Trinajstić information content (AvgIpc) is 3.84. The van der Waals surface area contributed by atoms with E-state index < -0.39 is 0 Å². The van der Waals surface area contributed by atoms with E-state index in [4.69, 9.17) is 4.42 Å². The molecule has 0 saturated heterocycles. The number of rotatable bonds is 4. The average molecular weight is 679 g/mol. The van der Waals surface area contributed by atoms with Crippen LogP contribution in [0.25, 0.3) is 99.2 Å². The van der Waals surface area contributed by atoms with Crippen LogP contribution in [0.4, 0.5) is 0 Å². The van der Waals surface area contributed by atoms with E-state index in [1.807, 2.05) is 0 Å². The van der Waals surface area contributed by atoms with Crippen LogP contribution in [0, 0.1) is 13.8 Å². The minimum Gasteiger partial charge on any atom is -0.456 e. The van der Waals surface area contributed by atoms with Gasteiger partial charge in [0.2, 0.25) is 0 Å². The second kappa shape index (κ2) is 11.3. The summed E-state index contributed by atoms with van der Waals surface area (Å²) in [6, 6.07) is 61.8. The third kappa shape index (κ3) is 4.60. The number of nitrogens with zero attached hydrogens (tertiary/aromatic N) is 2. The Labute approximate surface area is 306 Å². The largest absolute Gasteiger partial charge is 0.456 e. The quantitative estimate of drug-likeness (QED) is 0.182. The van der Waals surface area contributed by atoms with Crippen LogP contribution >= 0.6 is 0 Å². The summed E-state index contributed by atoms with van der Waals surface area (Å²) in [5.41, 5.74) is 16.2. The molecule has 0 atom stereocenters. The number of para-hydroxylation sites is 2. The first-order valence-electron chi connectivity index (χ1n) is 18.2. The number of benzene rings is 8. The number of aromatic nitrogens is 2. The van der Waals surface area contributed by atoms with E-state index in [1.165, 1.54) is 88.4 Å². The van der Waals surface area contributed by atoms with Gasteiger partial charge in [-0.05, 0) is 133 Å². The van der Waals surface area contributed by atoms with Crippen LogP contribution in [-0.2, 0) is 0 Å². The molecule has 0 amide bonds. The highest BCUT2D eigenvalue weighted by atomic mass is 16.3. The highest BCUT2D eigenvalue weighted by Gasteiger charge is 2.17. The molecular weight excluding hydrogens is 645 g/mol. The Morgan fingerprint density at radius 2 is 0.660 bits per heavy atom. The zero-order chi connectivity index (χ0) is 35.2. The maximum absolute atomic E-state index is 6.41. The van der Waals surface area contributed by atoms with Gasteiger partial charge in [-0.2, -0.15) is 0 Å². The zero-order valence-corrected chi connectivity index (χ0v) is 29.5. The van der Waals surface area contributed by atoms with Gasteiger partial charge in [0.15, 0.2) is 0 Å². The van der Waals surface area contributed by atoms with E-state index in [-0.39, 0.29) is 0 Å². The van der Waals surface area contributed by atoms with Gasteiger partial charge in [0.05, 0.1) is 22.1 Å². The molecule has 3 heteroatoms. The lowest BCUT2D eigenvalue weighted by Crippen LogP contribution is -1.93. The molecule has 0 aliphatic carbocycles. The number of hydrogen-bond donors (Lipinski definition) is 0. The Hall–Kier alpha value is -6.84. The summed E-state index contributed by atoms with van der Waals surface area (Å²) >= 11 is 0. The van der Waals surface area contributed by atoms with Gasteiger partial charge >= 0.3 is 0 Å². The second-order valence-corrected chi connectivity index (χ2v) is 14.4. The molecule has 0 N–H and O–H groups in total. The number of aryl methyl sites for hydroxylation is 2. The number of hydrogen-bond acceptors (Lipinski definition) is 1. The van der Waals surface area contributed by atoms with Crippen LogP contribution in [0.15, 0.2) is 174 Å². The topological polar surface area (TPSA) is 23.0 Å². The summed E-state index contributed by atoms with van der Waals surface area (Å²) in [6.45, 7) is 4.34. The fraction of sp³-hybridized carbons (Fsp3) is 0.0400. The maximum atomic E-state index is 6.41. The molecule has 0 aliphatic rings. The van der Waals surface area contributed by atoms with Gasteiger partial charge < -0.3 is 13.6 Å². The van der Waals surface area contributed by atoms with Crippen molar-refractivity contribution in [3.05, 3.63) is 181 Å². The van der Waals surface area contributed by atoms with Gasteiger partial charge in [0.1, 0.15) is 11.2 Å². The molecule has 0 saturated carbocycles. The van der Waals surface area contributed by atoms with Crippen LogP contribution in [0.5, 0.6) is 0 Å². The van der Waals surface area contributed by atoms with Gasteiger partial charge in [-0.3, -0.25) is 0 Å².